The molecule has 0 aliphatic carbocycles. The van der Waals surface area contributed by atoms with Crippen molar-refractivity contribution in [3.63, 3.8) is 0 Å². The number of amides is 1. The number of rotatable bonds is 8. The number of sulfonamides is 1. The second-order valence-electron chi connectivity index (χ2n) is 7.68. The molecule has 8 nitrogen and oxygen atoms in total. The summed E-state index contributed by atoms with van der Waals surface area (Å²) in [5.74, 6) is -0.654. The topological polar surface area (TPSA) is 102 Å². The first-order valence-electron chi connectivity index (χ1n) is 10.6. The lowest BCUT2D eigenvalue weighted by molar-refractivity contribution is -0.116. The van der Waals surface area contributed by atoms with E-state index >= 15 is 0 Å². The summed E-state index contributed by atoms with van der Waals surface area (Å²) in [6.07, 6.45) is 3.41. The fourth-order valence-corrected chi connectivity index (χ4v) is 5.37. The Kier molecular flexibility index (Phi) is 8.34. The molecule has 1 fully saturated rings. The monoisotopic (exact) mass is 494 g/mol. The Balaban J connectivity index is 1.61. The number of piperidine rings is 1. The molecule has 0 unspecified atom stereocenters. The van der Waals surface area contributed by atoms with Gasteiger partial charge in [0.2, 0.25) is 15.9 Å². The van der Waals surface area contributed by atoms with Crippen molar-refractivity contribution in [2.45, 2.75) is 37.0 Å². The lowest BCUT2D eigenvalue weighted by atomic mass is 10.1. The largest absolute Gasteiger partial charge is 0.496 e. The minimum Gasteiger partial charge on any atom is -0.496 e. The highest BCUT2D eigenvalue weighted by Gasteiger charge is 2.25. The molecule has 2 aromatic carbocycles. The van der Waals surface area contributed by atoms with Crippen molar-refractivity contribution in [1.29, 1.82) is 0 Å². The van der Waals surface area contributed by atoms with E-state index in [1.807, 2.05) is 0 Å². The summed E-state index contributed by atoms with van der Waals surface area (Å²) in [5, 5.41) is 2.89. The first-order chi connectivity index (χ1) is 15.8. The summed E-state index contributed by atoms with van der Waals surface area (Å²) in [4.78, 5) is 24.5. The molecular formula is C23H27ClN2O6S. The SMILES string of the molecule is COC(=O)c1cc(Cl)c(NC(=O)CCc2ccc(S(=O)(=O)N3CCCCC3)cc2)cc1OC. The quantitative estimate of drug-likeness (QED) is 0.559. The zero-order chi connectivity index (χ0) is 24.0. The highest BCUT2D eigenvalue weighted by atomic mass is 35.5. The van der Waals surface area contributed by atoms with E-state index in [1.165, 1.54) is 30.7 Å². The van der Waals surface area contributed by atoms with Crippen molar-refractivity contribution in [3.8, 4) is 5.75 Å². The predicted molar refractivity (Wildman–Crippen MR) is 125 cm³/mol. The van der Waals surface area contributed by atoms with Crippen LogP contribution in [0.2, 0.25) is 5.02 Å². The number of ether oxygens (including phenoxy) is 2. The molecule has 0 aromatic heterocycles. The molecule has 0 saturated carbocycles. The van der Waals surface area contributed by atoms with Crippen molar-refractivity contribution in [3.05, 3.63) is 52.5 Å². The zero-order valence-electron chi connectivity index (χ0n) is 18.6. The fraction of sp³-hybridized carbons (Fsp3) is 0.391. The highest BCUT2D eigenvalue weighted by Crippen LogP contribution is 2.31. The molecule has 1 saturated heterocycles. The molecular weight excluding hydrogens is 468 g/mol. The molecule has 33 heavy (non-hydrogen) atoms. The number of aryl methyl sites for hydroxylation is 1. The Hall–Kier alpha value is -2.62. The van der Waals surface area contributed by atoms with Gasteiger partial charge in [0.1, 0.15) is 11.3 Å². The third-order valence-electron chi connectivity index (χ3n) is 5.49. The van der Waals surface area contributed by atoms with Gasteiger partial charge >= 0.3 is 5.97 Å². The van der Waals surface area contributed by atoms with Gasteiger partial charge in [-0.25, -0.2) is 13.2 Å². The Labute approximate surface area is 198 Å². The molecule has 0 bridgehead atoms. The molecule has 178 valence electrons. The predicted octanol–water partition coefficient (Wildman–Crippen LogP) is 3.88. The lowest BCUT2D eigenvalue weighted by Crippen LogP contribution is -2.35. The second-order valence-corrected chi connectivity index (χ2v) is 10.0. The van der Waals surface area contributed by atoms with Gasteiger partial charge < -0.3 is 14.8 Å². The maximum atomic E-state index is 12.7. The van der Waals surface area contributed by atoms with Crippen molar-refractivity contribution in [2.24, 2.45) is 0 Å². The lowest BCUT2D eigenvalue weighted by Gasteiger charge is -2.25. The number of halogens is 1. The van der Waals surface area contributed by atoms with Crippen LogP contribution in [0.15, 0.2) is 41.3 Å². The number of anilines is 1. The number of nitrogens with zero attached hydrogens (tertiary/aromatic N) is 1. The number of hydrogen-bond donors (Lipinski definition) is 1. The molecule has 10 heteroatoms. The number of nitrogens with one attached hydrogen (secondary N) is 1. The standard InChI is InChI=1S/C23H27ClN2O6S/c1-31-21-15-20(19(24)14-18(21)23(28)32-2)25-22(27)11-8-16-6-9-17(10-7-16)33(29,30)26-12-4-3-5-13-26/h6-7,9-10,14-15H,3-5,8,11-13H2,1-2H3,(H,25,27). The maximum absolute atomic E-state index is 12.7. The molecule has 2 aromatic rings. The van der Waals surface area contributed by atoms with Gasteiger partial charge in [0.25, 0.3) is 0 Å². The molecule has 1 aliphatic rings. The van der Waals surface area contributed by atoms with Crippen LogP contribution in [0.4, 0.5) is 5.69 Å². The third-order valence-corrected chi connectivity index (χ3v) is 7.71. The van der Waals surface area contributed by atoms with Crippen molar-refractivity contribution in [2.75, 3.05) is 32.6 Å². The minimum atomic E-state index is -3.48. The summed E-state index contributed by atoms with van der Waals surface area (Å²) < 4.78 is 36.9. The zero-order valence-corrected chi connectivity index (χ0v) is 20.2. The van der Waals surface area contributed by atoms with Gasteiger partial charge in [-0.1, -0.05) is 30.2 Å². The fourth-order valence-electron chi connectivity index (χ4n) is 3.64. The van der Waals surface area contributed by atoms with Crippen LogP contribution < -0.4 is 10.1 Å². The van der Waals surface area contributed by atoms with E-state index in [2.05, 4.69) is 5.32 Å². The summed E-state index contributed by atoms with van der Waals surface area (Å²) in [7, 11) is -0.829. The Morgan fingerprint density at radius 2 is 1.73 bits per heavy atom. The van der Waals surface area contributed by atoms with Crippen LogP contribution in [0.1, 0.15) is 41.6 Å². The number of hydrogen-bond acceptors (Lipinski definition) is 6. The smallest absolute Gasteiger partial charge is 0.341 e. The summed E-state index contributed by atoms with van der Waals surface area (Å²) >= 11 is 6.21. The third kappa shape index (κ3) is 6.04. The van der Waals surface area contributed by atoms with Gasteiger partial charge in [0.15, 0.2) is 0 Å². The molecule has 0 spiro atoms. The minimum absolute atomic E-state index is 0.155. The average molecular weight is 495 g/mol. The second kappa shape index (κ2) is 11.0. The van der Waals surface area contributed by atoms with Crippen LogP contribution in [0, 0.1) is 0 Å². The van der Waals surface area contributed by atoms with Crippen molar-refractivity contribution < 1.29 is 27.5 Å². The van der Waals surface area contributed by atoms with Crippen LogP contribution in [0.25, 0.3) is 0 Å². The van der Waals surface area contributed by atoms with E-state index in [9.17, 15) is 18.0 Å². The average Bonchev–Trinajstić information content (AvgIpc) is 2.84. The number of carbonyl (C=O) groups excluding carboxylic acids is 2. The van der Waals surface area contributed by atoms with Gasteiger partial charge in [0, 0.05) is 25.6 Å². The number of benzene rings is 2. The van der Waals surface area contributed by atoms with Gasteiger partial charge in [0.05, 0.1) is 29.8 Å². The van der Waals surface area contributed by atoms with Crippen molar-refractivity contribution in [1.82, 2.24) is 4.31 Å². The summed E-state index contributed by atoms with van der Waals surface area (Å²) in [5.41, 5.74) is 1.31. The van der Waals surface area contributed by atoms with E-state index in [1.54, 1.807) is 24.3 Å². The van der Waals surface area contributed by atoms with E-state index in [-0.39, 0.29) is 33.6 Å². The van der Waals surface area contributed by atoms with Gasteiger partial charge in [-0.2, -0.15) is 4.31 Å². The number of methoxy groups -OCH3 is 2. The summed E-state index contributed by atoms with van der Waals surface area (Å²) in [6.45, 7) is 1.11. The highest BCUT2D eigenvalue weighted by molar-refractivity contribution is 7.89. The Morgan fingerprint density at radius 1 is 1.06 bits per heavy atom. The van der Waals surface area contributed by atoms with E-state index in [0.717, 1.165) is 24.8 Å². The normalized spacial score (nSPS) is 14.5. The first-order valence-corrected chi connectivity index (χ1v) is 12.4. The molecule has 3 rings (SSSR count). The van der Waals surface area contributed by atoms with Gasteiger partial charge in [-0.15, -0.1) is 0 Å². The first kappa shape index (κ1) is 25.0. The van der Waals surface area contributed by atoms with E-state index < -0.39 is 16.0 Å². The van der Waals surface area contributed by atoms with Crippen LogP contribution >= 0.6 is 11.6 Å². The van der Waals surface area contributed by atoms with Crippen molar-refractivity contribution >= 4 is 39.2 Å². The molecule has 1 N–H and O–H groups in total. The van der Waals surface area contributed by atoms with Crippen LogP contribution in [-0.2, 0) is 26.0 Å². The molecule has 1 amide bonds. The Bertz CT molecular complexity index is 1110. The molecule has 1 aliphatic heterocycles. The van der Waals surface area contributed by atoms with Crippen LogP contribution in [0.3, 0.4) is 0 Å². The maximum Gasteiger partial charge on any atom is 0.341 e. The van der Waals surface area contributed by atoms with Crippen LogP contribution in [-0.4, -0.2) is 51.9 Å². The van der Waals surface area contributed by atoms with Gasteiger partial charge in [-0.05, 0) is 43.0 Å². The van der Waals surface area contributed by atoms with Gasteiger partial charge in [-0.3, -0.25) is 4.79 Å². The van der Waals surface area contributed by atoms with E-state index in [4.69, 9.17) is 21.1 Å². The van der Waals surface area contributed by atoms with Crippen LogP contribution in [0.5, 0.6) is 5.75 Å². The molecule has 1 heterocycles. The Morgan fingerprint density at radius 3 is 2.33 bits per heavy atom. The number of esters is 1. The molecule has 0 atom stereocenters. The molecule has 0 radical (unpaired) electrons. The number of carbonyl (C=O) groups is 2. The van der Waals surface area contributed by atoms with E-state index in [0.29, 0.717) is 25.2 Å². The summed E-state index contributed by atoms with van der Waals surface area (Å²) in [6, 6.07) is 9.47.